The lowest BCUT2D eigenvalue weighted by Gasteiger charge is -2.14. The zero-order chi connectivity index (χ0) is 24.2. The predicted octanol–water partition coefficient (Wildman–Crippen LogP) is 4.78. The van der Waals surface area contributed by atoms with Crippen molar-refractivity contribution >= 4 is 33.2 Å². The number of carbonyl (C=O) groups excluding carboxylic acids is 1. The van der Waals surface area contributed by atoms with Crippen LogP contribution in [-0.4, -0.2) is 35.1 Å². The van der Waals surface area contributed by atoms with E-state index in [1.807, 2.05) is 0 Å². The summed E-state index contributed by atoms with van der Waals surface area (Å²) in [5.74, 6) is -0.199. The van der Waals surface area contributed by atoms with Crippen LogP contribution in [0.3, 0.4) is 0 Å². The van der Waals surface area contributed by atoms with Gasteiger partial charge in [0.15, 0.2) is 0 Å². The molecule has 0 saturated heterocycles. The molecule has 0 heterocycles. The highest BCUT2D eigenvalue weighted by atomic mass is 35.5. The molecule has 11 heteroatoms. The Bertz CT molecular complexity index is 1270. The van der Waals surface area contributed by atoms with Crippen LogP contribution in [0.15, 0.2) is 65.6 Å². The normalized spacial score (nSPS) is 11.3. The predicted molar refractivity (Wildman–Crippen MR) is 121 cm³/mol. The zero-order valence-corrected chi connectivity index (χ0v) is 19.0. The van der Waals surface area contributed by atoms with Crippen molar-refractivity contribution < 1.29 is 31.5 Å². The summed E-state index contributed by atoms with van der Waals surface area (Å²) < 4.78 is 61.8. The number of amides is 1. The number of hydrogen-bond acceptors (Lipinski definition) is 5. The topological polar surface area (TPSA) is 93.7 Å². The van der Waals surface area contributed by atoms with Crippen LogP contribution < -0.4 is 19.5 Å². The summed E-state index contributed by atoms with van der Waals surface area (Å²) in [7, 11) is -1.05. The largest absolute Gasteiger partial charge is 0.497 e. The van der Waals surface area contributed by atoms with Crippen LogP contribution in [0.2, 0.25) is 5.02 Å². The first-order chi connectivity index (χ1) is 15.6. The summed E-state index contributed by atoms with van der Waals surface area (Å²) in [5, 5.41) is 2.64. The number of anilines is 1. The van der Waals surface area contributed by atoms with Crippen molar-refractivity contribution in [3.05, 3.63) is 71.2 Å². The highest BCUT2D eigenvalue weighted by molar-refractivity contribution is 7.89. The third-order valence-electron chi connectivity index (χ3n) is 4.62. The van der Waals surface area contributed by atoms with E-state index in [4.69, 9.17) is 16.3 Å². The Balaban J connectivity index is 1.97. The van der Waals surface area contributed by atoms with Crippen molar-refractivity contribution in [3.63, 3.8) is 0 Å². The molecule has 3 rings (SSSR count). The van der Waals surface area contributed by atoms with Crippen molar-refractivity contribution in [2.24, 2.45) is 0 Å². The number of methoxy groups -OCH3 is 1. The summed E-state index contributed by atoms with van der Waals surface area (Å²) >= 11 is 6.10. The highest BCUT2D eigenvalue weighted by Crippen LogP contribution is 2.35. The average Bonchev–Trinajstić information content (AvgIpc) is 2.80. The van der Waals surface area contributed by atoms with E-state index in [2.05, 4.69) is 14.8 Å². The molecule has 33 heavy (non-hydrogen) atoms. The van der Waals surface area contributed by atoms with E-state index in [0.717, 1.165) is 6.07 Å². The number of rotatable bonds is 8. The van der Waals surface area contributed by atoms with E-state index in [1.54, 1.807) is 24.3 Å². The molecular formula is C22H19ClF2N2O5S. The third-order valence-corrected chi connectivity index (χ3v) is 6.36. The molecule has 0 unspecified atom stereocenters. The van der Waals surface area contributed by atoms with Crippen molar-refractivity contribution in [2.45, 2.75) is 11.5 Å². The molecule has 174 valence electrons. The Morgan fingerprint density at radius 2 is 1.73 bits per heavy atom. The van der Waals surface area contributed by atoms with Gasteiger partial charge in [0, 0.05) is 11.3 Å². The fraction of sp³-hybridized carbons (Fsp3) is 0.136. The van der Waals surface area contributed by atoms with Crippen molar-refractivity contribution in [1.29, 1.82) is 0 Å². The van der Waals surface area contributed by atoms with Crippen LogP contribution in [0.25, 0.3) is 11.1 Å². The number of halogens is 3. The lowest BCUT2D eigenvalue weighted by atomic mass is 10.0. The SMILES string of the molecule is CNS(=O)(=O)c1ccc(Cl)c(C(=O)Nc2ccc(OC(F)F)c(-c3ccc(OC)cc3)c2)c1. The van der Waals surface area contributed by atoms with Gasteiger partial charge >= 0.3 is 6.61 Å². The average molecular weight is 497 g/mol. The molecule has 0 aromatic heterocycles. The number of ether oxygens (including phenoxy) is 2. The van der Waals surface area contributed by atoms with Crippen LogP contribution >= 0.6 is 11.6 Å². The smallest absolute Gasteiger partial charge is 0.387 e. The lowest BCUT2D eigenvalue weighted by Crippen LogP contribution is -2.20. The monoisotopic (exact) mass is 496 g/mol. The molecule has 1 amide bonds. The molecule has 0 aliphatic rings. The Kier molecular flexibility index (Phi) is 7.52. The van der Waals surface area contributed by atoms with Gasteiger partial charge in [-0.05, 0) is 61.1 Å². The van der Waals surface area contributed by atoms with Gasteiger partial charge in [-0.2, -0.15) is 8.78 Å². The minimum atomic E-state index is -3.80. The second-order valence-corrected chi connectivity index (χ2v) is 8.92. The summed E-state index contributed by atoms with van der Waals surface area (Å²) in [4.78, 5) is 12.7. The number of nitrogens with one attached hydrogen (secondary N) is 2. The van der Waals surface area contributed by atoms with E-state index >= 15 is 0 Å². The van der Waals surface area contributed by atoms with E-state index in [9.17, 15) is 22.0 Å². The van der Waals surface area contributed by atoms with Crippen LogP contribution in [0, 0.1) is 0 Å². The van der Waals surface area contributed by atoms with E-state index < -0.39 is 22.5 Å². The molecule has 0 spiro atoms. The molecule has 0 aliphatic carbocycles. The molecule has 7 nitrogen and oxygen atoms in total. The molecule has 2 N–H and O–H groups in total. The first-order valence-corrected chi connectivity index (χ1v) is 11.3. The number of sulfonamides is 1. The Morgan fingerprint density at radius 3 is 2.33 bits per heavy atom. The summed E-state index contributed by atoms with van der Waals surface area (Å²) in [6.07, 6.45) is 0. The Labute approximate surface area is 194 Å². The van der Waals surface area contributed by atoms with Crippen molar-refractivity contribution in [3.8, 4) is 22.6 Å². The van der Waals surface area contributed by atoms with Crippen molar-refractivity contribution in [2.75, 3.05) is 19.5 Å². The van der Waals surface area contributed by atoms with Gasteiger partial charge < -0.3 is 14.8 Å². The van der Waals surface area contributed by atoms with Gasteiger partial charge in [0.05, 0.1) is 22.6 Å². The summed E-state index contributed by atoms with van der Waals surface area (Å²) in [6.45, 7) is -3.04. The maximum Gasteiger partial charge on any atom is 0.387 e. The number of carbonyl (C=O) groups is 1. The van der Waals surface area contributed by atoms with Crippen LogP contribution in [0.5, 0.6) is 11.5 Å². The Hall–Kier alpha value is -3.21. The van der Waals surface area contributed by atoms with E-state index in [0.29, 0.717) is 16.9 Å². The number of alkyl halides is 2. The highest BCUT2D eigenvalue weighted by Gasteiger charge is 2.19. The van der Waals surface area contributed by atoms with Gasteiger partial charge in [0.2, 0.25) is 10.0 Å². The van der Waals surface area contributed by atoms with Crippen LogP contribution in [-0.2, 0) is 10.0 Å². The zero-order valence-electron chi connectivity index (χ0n) is 17.4. The maximum atomic E-state index is 12.9. The molecule has 0 bridgehead atoms. The molecule has 0 fully saturated rings. The first-order valence-electron chi connectivity index (χ1n) is 9.42. The summed E-state index contributed by atoms with van der Waals surface area (Å²) in [6, 6.07) is 14.5. The first kappa shape index (κ1) is 24.4. The van der Waals surface area contributed by atoms with Gasteiger partial charge in [0.1, 0.15) is 11.5 Å². The molecule has 0 aliphatic heterocycles. The second kappa shape index (κ2) is 10.2. The van der Waals surface area contributed by atoms with Crippen LogP contribution in [0.1, 0.15) is 10.4 Å². The van der Waals surface area contributed by atoms with E-state index in [-0.39, 0.29) is 26.9 Å². The fourth-order valence-corrected chi connectivity index (χ4v) is 3.92. The quantitative estimate of drug-likeness (QED) is 0.468. The van der Waals surface area contributed by atoms with Gasteiger partial charge in [-0.15, -0.1) is 0 Å². The number of hydrogen-bond donors (Lipinski definition) is 2. The number of benzene rings is 3. The van der Waals surface area contributed by atoms with E-state index in [1.165, 1.54) is 44.5 Å². The minimum absolute atomic E-state index is 0.0376. The fourth-order valence-electron chi connectivity index (χ4n) is 2.96. The van der Waals surface area contributed by atoms with Crippen molar-refractivity contribution in [1.82, 2.24) is 4.72 Å². The van der Waals surface area contributed by atoms with Gasteiger partial charge in [-0.25, -0.2) is 13.1 Å². The third kappa shape index (κ3) is 5.78. The summed E-state index contributed by atoms with van der Waals surface area (Å²) in [5.41, 5.74) is 1.02. The molecule has 3 aromatic carbocycles. The molecule has 0 radical (unpaired) electrons. The van der Waals surface area contributed by atoms with Gasteiger partial charge in [-0.3, -0.25) is 4.79 Å². The second-order valence-electron chi connectivity index (χ2n) is 6.62. The molecule has 0 saturated carbocycles. The lowest BCUT2D eigenvalue weighted by molar-refractivity contribution is -0.0494. The standard InChI is InChI=1S/C22H19ClF2N2O5S/c1-26-33(29,30)16-8-9-19(23)18(12-16)21(28)27-14-5-10-20(32-22(24)25)17(11-14)13-3-6-15(31-2)7-4-13/h3-12,22,26H,1-2H3,(H,27,28). The van der Waals surface area contributed by atoms with Crippen LogP contribution in [0.4, 0.5) is 14.5 Å². The minimum Gasteiger partial charge on any atom is -0.497 e. The molecule has 0 atom stereocenters. The maximum absolute atomic E-state index is 12.9. The molecular weight excluding hydrogens is 478 g/mol. The Morgan fingerprint density at radius 1 is 1.03 bits per heavy atom. The van der Waals surface area contributed by atoms with Gasteiger partial charge in [0.25, 0.3) is 5.91 Å². The van der Waals surface area contributed by atoms with Gasteiger partial charge in [-0.1, -0.05) is 23.7 Å². The molecule has 3 aromatic rings.